The standard InChI is InChI=1S/C8H16N4O2/c1-3-4-5-7(11-12-9)10-6(2)8(13)14/h6-7,10H,3-5H2,1-2H3,(H,13,14). The van der Waals surface area contributed by atoms with Crippen molar-refractivity contribution in [2.45, 2.75) is 45.3 Å². The van der Waals surface area contributed by atoms with E-state index in [4.69, 9.17) is 10.6 Å². The molecule has 0 bridgehead atoms. The van der Waals surface area contributed by atoms with Crippen LogP contribution in [0.15, 0.2) is 5.11 Å². The van der Waals surface area contributed by atoms with Gasteiger partial charge in [-0.15, -0.1) is 0 Å². The average molecular weight is 200 g/mol. The van der Waals surface area contributed by atoms with Crippen molar-refractivity contribution in [3.8, 4) is 0 Å². The van der Waals surface area contributed by atoms with Crippen LogP contribution in [0, 0.1) is 0 Å². The Morgan fingerprint density at radius 1 is 1.71 bits per heavy atom. The summed E-state index contributed by atoms with van der Waals surface area (Å²) in [4.78, 5) is 13.2. The van der Waals surface area contributed by atoms with Gasteiger partial charge in [-0.3, -0.25) is 10.1 Å². The molecule has 0 radical (unpaired) electrons. The zero-order valence-corrected chi connectivity index (χ0v) is 8.47. The lowest BCUT2D eigenvalue weighted by Gasteiger charge is -2.15. The Labute approximate surface area is 82.9 Å². The molecular weight excluding hydrogens is 184 g/mol. The fraction of sp³-hybridized carbons (Fsp3) is 0.875. The molecule has 0 spiro atoms. The Morgan fingerprint density at radius 3 is 2.79 bits per heavy atom. The van der Waals surface area contributed by atoms with Gasteiger partial charge in [0.1, 0.15) is 6.04 Å². The molecule has 0 aromatic carbocycles. The number of nitrogens with one attached hydrogen (secondary N) is 1. The normalized spacial score (nSPS) is 14.1. The van der Waals surface area contributed by atoms with Gasteiger partial charge < -0.3 is 5.11 Å². The van der Waals surface area contributed by atoms with Gasteiger partial charge in [-0.05, 0) is 18.9 Å². The molecule has 80 valence electrons. The summed E-state index contributed by atoms with van der Waals surface area (Å²) in [5, 5.41) is 14.8. The van der Waals surface area contributed by atoms with Gasteiger partial charge >= 0.3 is 5.97 Å². The third-order valence-electron chi connectivity index (χ3n) is 1.83. The number of carbonyl (C=O) groups is 1. The van der Waals surface area contributed by atoms with Crippen molar-refractivity contribution in [3.05, 3.63) is 10.4 Å². The van der Waals surface area contributed by atoms with E-state index in [0.29, 0.717) is 6.42 Å². The van der Waals surface area contributed by atoms with Crippen molar-refractivity contribution >= 4 is 5.97 Å². The fourth-order valence-electron chi connectivity index (χ4n) is 0.994. The van der Waals surface area contributed by atoms with Crippen molar-refractivity contribution < 1.29 is 9.90 Å². The molecule has 0 rings (SSSR count). The zero-order chi connectivity index (χ0) is 11.0. The monoisotopic (exact) mass is 200 g/mol. The maximum Gasteiger partial charge on any atom is 0.320 e. The number of hydrogen-bond donors (Lipinski definition) is 2. The van der Waals surface area contributed by atoms with E-state index in [0.717, 1.165) is 12.8 Å². The summed E-state index contributed by atoms with van der Waals surface area (Å²) < 4.78 is 0. The van der Waals surface area contributed by atoms with Gasteiger partial charge in [0.2, 0.25) is 0 Å². The van der Waals surface area contributed by atoms with Crippen LogP contribution in [0.3, 0.4) is 0 Å². The molecule has 14 heavy (non-hydrogen) atoms. The Kier molecular flexibility index (Phi) is 6.53. The Bertz CT molecular complexity index is 225. The smallest absolute Gasteiger partial charge is 0.320 e. The van der Waals surface area contributed by atoms with E-state index < -0.39 is 18.2 Å². The molecule has 0 heterocycles. The molecule has 2 atom stereocenters. The molecule has 6 nitrogen and oxygen atoms in total. The van der Waals surface area contributed by atoms with Crippen molar-refractivity contribution in [3.63, 3.8) is 0 Å². The van der Waals surface area contributed by atoms with Gasteiger partial charge in [-0.1, -0.05) is 24.9 Å². The minimum atomic E-state index is -0.945. The minimum absolute atomic E-state index is 0.425. The predicted molar refractivity (Wildman–Crippen MR) is 52.7 cm³/mol. The molecule has 0 saturated carbocycles. The van der Waals surface area contributed by atoms with Crippen LogP contribution < -0.4 is 5.32 Å². The molecule has 0 aliphatic carbocycles. The fourth-order valence-corrected chi connectivity index (χ4v) is 0.994. The quantitative estimate of drug-likeness (QED) is 0.373. The first-order valence-electron chi connectivity index (χ1n) is 4.64. The molecule has 0 amide bonds. The highest BCUT2D eigenvalue weighted by Gasteiger charge is 2.14. The van der Waals surface area contributed by atoms with Gasteiger partial charge in [0.15, 0.2) is 0 Å². The summed E-state index contributed by atoms with van der Waals surface area (Å²) in [5.74, 6) is -0.945. The number of rotatable bonds is 7. The predicted octanol–water partition coefficient (Wildman–Crippen LogP) is 1.88. The van der Waals surface area contributed by atoms with Gasteiger partial charge in [-0.2, -0.15) is 0 Å². The average Bonchev–Trinajstić information content (AvgIpc) is 2.14. The summed E-state index contributed by atoms with van der Waals surface area (Å²) in [6.45, 7) is 3.54. The lowest BCUT2D eigenvalue weighted by molar-refractivity contribution is -0.139. The maximum atomic E-state index is 10.5. The zero-order valence-electron chi connectivity index (χ0n) is 8.47. The summed E-state index contributed by atoms with van der Waals surface area (Å²) in [6.07, 6.45) is 2.13. The third kappa shape index (κ3) is 5.40. The molecule has 2 N–H and O–H groups in total. The molecule has 0 aromatic rings. The molecular formula is C8H16N4O2. The number of azide groups is 1. The van der Waals surface area contributed by atoms with Gasteiger partial charge in [0.05, 0.1) is 6.17 Å². The van der Waals surface area contributed by atoms with Crippen LogP contribution in [0.25, 0.3) is 10.4 Å². The Balaban J connectivity index is 4.07. The maximum absolute atomic E-state index is 10.5. The molecule has 6 heteroatoms. The number of nitrogens with zero attached hydrogens (tertiary/aromatic N) is 3. The highest BCUT2D eigenvalue weighted by molar-refractivity contribution is 5.72. The van der Waals surface area contributed by atoms with Crippen molar-refractivity contribution in [2.24, 2.45) is 5.11 Å². The van der Waals surface area contributed by atoms with Crippen LogP contribution >= 0.6 is 0 Å². The topological polar surface area (TPSA) is 98.1 Å². The number of hydrogen-bond acceptors (Lipinski definition) is 3. The van der Waals surface area contributed by atoms with E-state index in [-0.39, 0.29) is 0 Å². The first-order chi connectivity index (χ1) is 6.61. The Morgan fingerprint density at radius 2 is 2.36 bits per heavy atom. The second-order valence-corrected chi connectivity index (χ2v) is 3.09. The van der Waals surface area contributed by atoms with E-state index in [2.05, 4.69) is 15.3 Å². The minimum Gasteiger partial charge on any atom is -0.480 e. The molecule has 0 fully saturated rings. The van der Waals surface area contributed by atoms with Crippen molar-refractivity contribution in [1.29, 1.82) is 0 Å². The number of aliphatic carboxylic acids is 1. The summed E-state index contributed by atoms with van der Waals surface area (Å²) in [6, 6.07) is -0.692. The summed E-state index contributed by atoms with van der Waals surface area (Å²) >= 11 is 0. The van der Waals surface area contributed by atoms with E-state index in [9.17, 15) is 4.79 Å². The first-order valence-corrected chi connectivity index (χ1v) is 4.64. The number of carboxylic acid groups (broad SMARTS) is 1. The van der Waals surface area contributed by atoms with E-state index in [1.165, 1.54) is 6.92 Å². The van der Waals surface area contributed by atoms with Crippen LogP contribution in [0.2, 0.25) is 0 Å². The van der Waals surface area contributed by atoms with Crippen molar-refractivity contribution in [2.75, 3.05) is 0 Å². The van der Waals surface area contributed by atoms with Gasteiger partial charge in [0.25, 0.3) is 0 Å². The molecule has 0 aliphatic rings. The van der Waals surface area contributed by atoms with Gasteiger partial charge in [0, 0.05) is 4.91 Å². The van der Waals surface area contributed by atoms with E-state index in [1.807, 2.05) is 6.92 Å². The highest BCUT2D eigenvalue weighted by atomic mass is 16.4. The lowest BCUT2D eigenvalue weighted by atomic mass is 10.2. The summed E-state index contributed by atoms with van der Waals surface area (Å²) in [5.41, 5.74) is 8.26. The Hall–Kier alpha value is -1.26. The van der Waals surface area contributed by atoms with Gasteiger partial charge in [-0.25, -0.2) is 0 Å². The first kappa shape index (κ1) is 12.7. The van der Waals surface area contributed by atoms with Crippen LogP contribution in [0.1, 0.15) is 33.1 Å². The molecule has 2 unspecified atom stereocenters. The SMILES string of the molecule is CCCCC(N=[N+]=[N-])NC(C)C(=O)O. The molecule has 0 aromatic heterocycles. The van der Waals surface area contributed by atoms with Crippen LogP contribution in [0.4, 0.5) is 0 Å². The largest absolute Gasteiger partial charge is 0.480 e. The number of carboxylic acids is 1. The summed E-state index contributed by atoms with van der Waals surface area (Å²) in [7, 11) is 0. The second-order valence-electron chi connectivity index (χ2n) is 3.09. The lowest BCUT2D eigenvalue weighted by Crippen LogP contribution is -2.40. The van der Waals surface area contributed by atoms with Crippen LogP contribution in [0.5, 0.6) is 0 Å². The third-order valence-corrected chi connectivity index (χ3v) is 1.83. The molecule has 0 saturated heterocycles. The second kappa shape index (κ2) is 7.17. The molecule has 0 aliphatic heterocycles. The highest BCUT2D eigenvalue weighted by Crippen LogP contribution is 2.03. The number of unbranched alkanes of at least 4 members (excludes halogenated alkanes) is 1. The van der Waals surface area contributed by atoms with Crippen LogP contribution in [-0.4, -0.2) is 23.3 Å². The van der Waals surface area contributed by atoms with E-state index >= 15 is 0 Å². The van der Waals surface area contributed by atoms with E-state index in [1.54, 1.807) is 0 Å². The van der Waals surface area contributed by atoms with Crippen LogP contribution in [-0.2, 0) is 4.79 Å². The van der Waals surface area contributed by atoms with Crippen molar-refractivity contribution in [1.82, 2.24) is 5.32 Å².